The summed E-state index contributed by atoms with van der Waals surface area (Å²) in [5.74, 6) is 1.60. The molecule has 0 spiro atoms. The Kier molecular flexibility index (Phi) is 4.31. The van der Waals surface area contributed by atoms with E-state index in [9.17, 15) is 0 Å². The molecule has 0 saturated heterocycles. The molecule has 3 atom stereocenters. The summed E-state index contributed by atoms with van der Waals surface area (Å²) in [6.45, 7) is 6.89. The molecule has 3 unspecified atom stereocenters. The Morgan fingerprint density at radius 3 is 2.85 bits per heavy atom. The molecule has 0 N–H and O–H groups in total. The summed E-state index contributed by atoms with van der Waals surface area (Å²) < 4.78 is 0. The summed E-state index contributed by atoms with van der Waals surface area (Å²) in [6.07, 6.45) is 7.25. The van der Waals surface area contributed by atoms with E-state index < -0.39 is 0 Å². The van der Waals surface area contributed by atoms with Gasteiger partial charge in [0, 0.05) is 0 Å². The fraction of sp³-hybridized carbons (Fsp3) is 0.833. The molecule has 1 aliphatic carbocycles. The summed E-state index contributed by atoms with van der Waals surface area (Å²) in [4.78, 5) is 0. The van der Waals surface area contributed by atoms with Crippen LogP contribution in [0, 0.1) is 11.8 Å². The van der Waals surface area contributed by atoms with Gasteiger partial charge in [-0.25, -0.2) is 0 Å². The zero-order valence-electron chi connectivity index (χ0n) is 9.02. The lowest BCUT2D eigenvalue weighted by atomic mass is 9.85. The van der Waals surface area contributed by atoms with Gasteiger partial charge >= 0.3 is 0 Å². The minimum Gasteiger partial charge on any atom is -0.118 e. The maximum atomic E-state index is 6.16. The van der Waals surface area contributed by atoms with Crippen molar-refractivity contribution in [1.82, 2.24) is 0 Å². The first-order chi connectivity index (χ1) is 6.11. The smallest absolute Gasteiger partial charge is 0.0521 e. The summed E-state index contributed by atoms with van der Waals surface area (Å²) in [6, 6.07) is 0. The third kappa shape index (κ3) is 3.72. The maximum absolute atomic E-state index is 6.16. The lowest BCUT2D eigenvalue weighted by Gasteiger charge is -2.24. The van der Waals surface area contributed by atoms with Gasteiger partial charge in [-0.15, -0.1) is 11.6 Å². The van der Waals surface area contributed by atoms with Gasteiger partial charge in [-0.1, -0.05) is 38.8 Å². The molecule has 1 aliphatic rings. The van der Waals surface area contributed by atoms with Crippen LogP contribution < -0.4 is 0 Å². The second-order valence-electron chi connectivity index (χ2n) is 4.60. The molecule has 0 aromatic rings. The fourth-order valence-corrected chi connectivity index (χ4v) is 2.53. The molecular weight excluding hydrogens is 180 g/mol. The zero-order valence-corrected chi connectivity index (χ0v) is 9.77. The first-order valence-electron chi connectivity index (χ1n) is 5.45. The molecule has 0 radical (unpaired) electrons. The van der Waals surface area contributed by atoms with Gasteiger partial charge in [-0.2, -0.15) is 0 Å². The highest BCUT2D eigenvalue weighted by Crippen LogP contribution is 2.30. The van der Waals surface area contributed by atoms with E-state index in [-0.39, 0.29) is 0 Å². The number of rotatable bonds is 3. The first kappa shape index (κ1) is 11.1. The van der Waals surface area contributed by atoms with Crippen molar-refractivity contribution in [2.75, 3.05) is 0 Å². The van der Waals surface area contributed by atoms with Gasteiger partial charge in [0.15, 0.2) is 0 Å². The van der Waals surface area contributed by atoms with E-state index in [1.807, 2.05) is 0 Å². The van der Waals surface area contributed by atoms with Gasteiger partial charge in [0.25, 0.3) is 0 Å². The van der Waals surface area contributed by atoms with E-state index in [0.717, 1.165) is 18.3 Å². The number of allylic oxidation sites excluding steroid dienone is 2. The van der Waals surface area contributed by atoms with Crippen LogP contribution in [-0.4, -0.2) is 5.38 Å². The maximum Gasteiger partial charge on any atom is 0.0521 e. The summed E-state index contributed by atoms with van der Waals surface area (Å²) >= 11 is 6.16. The molecule has 0 nitrogen and oxygen atoms in total. The van der Waals surface area contributed by atoms with Crippen molar-refractivity contribution in [3.63, 3.8) is 0 Å². The van der Waals surface area contributed by atoms with Gasteiger partial charge in [-0.3, -0.25) is 0 Å². The molecule has 0 amide bonds. The van der Waals surface area contributed by atoms with Crippen LogP contribution >= 0.6 is 11.6 Å². The molecule has 0 aliphatic heterocycles. The Bertz CT molecular complexity index is 184. The van der Waals surface area contributed by atoms with Crippen LogP contribution in [0.25, 0.3) is 0 Å². The highest BCUT2D eigenvalue weighted by Gasteiger charge is 2.18. The third-order valence-corrected chi connectivity index (χ3v) is 3.27. The second kappa shape index (κ2) is 5.05. The van der Waals surface area contributed by atoms with E-state index in [0.29, 0.717) is 5.38 Å². The minimum atomic E-state index is 0.294. The molecule has 1 heteroatoms. The van der Waals surface area contributed by atoms with Crippen LogP contribution in [-0.2, 0) is 0 Å². The van der Waals surface area contributed by atoms with Gasteiger partial charge in [0.1, 0.15) is 0 Å². The predicted octanol–water partition coefficient (Wildman–Crippen LogP) is 4.39. The fourth-order valence-electron chi connectivity index (χ4n) is 2.05. The quantitative estimate of drug-likeness (QED) is 0.469. The number of hydrogen-bond acceptors (Lipinski definition) is 0. The van der Waals surface area contributed by atoms with Crippen LogP contribution in [0.5, 0.6) is 0 Å². The van der Waals surface area contributed by atoms with Crippen molar-refractivity contribution in [1.29, 1.82) is 0 Å². The van der Waals surface area contributed by atoms with Crippen LogP contribution in [0.15, 0.2) is 11.6 Å². The van der Waals surface area contributed by atoms with Gasteiger partial charge in [-0.05, 0) is 31.1 Å². The molecule has 0 fully saturated rings. The van der Waals surface area contributed by atoms with Crippen molar-refractivity contribution in [2.24, 2.45) is 11.8 Å². The van der Waals surface area contributed by atoms with Crippen LogP contribution in [0.4, 0.5) is 0 Å². The SMILES string of the molecule is CCC(C)CC1=CC(Cl)CC(C)C1. The topological polar surface area (TPSA) is 0 Å². The Morgan fingerprint density at radius 1 is 1.62 bits per heavy atom. The van der Waals surface area contributed by atoms with Crippen molar-refractivity contribution in [3.05, 3.63) is 11.6 Å². The lowest BCUT2D eigenvalue weighted by Crippen LogP contribution is -2.13. The van der Waals surface area contributed by atoms with Crippen LogP contribution in [0.2, 0.25) is 0 Å². The van der Waals surface area contributed by atoms with Gasteiger partial charge < -0.3 is 0 Å². The summed E-state index contributed by atoms with van der Waals surface area (Å²) in [5, 5.41) is 0.294. The van der Waals surface area contributed by atoms with Crippen molar-refractivity contribution < 1.29 is 0 Å². The molecule has 76 valence electrons. The highest BCUT2D eigenvalue weighted by molar-refractivity contribution is 6.21. The van der Waals surface area contributed by atoms with E-state index in [1.54, 1.807) is 5.57 Å². The largest absolute Gasteiger partial charge is 0.118 e. The minimum absolute atomic E-state index is 0.294. The normalized spacial score (nSPS) is 31.2. The van der Waals surface area contributed by atoms with E-state index in [1.165, 1.54) is 19.3 Å². The molecule has 1 rings (SSSR count). The van der Waals surface area contributed by atoms with Crippen molar-refractivity contribution >= 4 is 11.6 Å². The highest BCUT2D eigenvalue weighted by atomic mass is 35.5. The second-order valence-corrected chi connectivity index (χ2v) is 5.16. The Morgan fingerprint density at radius 2 is 2.31 bits per heavy atom. The molecule has 13 heavy (non-hydrogen) atoms. The van der Waals surface area contributed by atoms with Crippen LogP contribution in [0.3, 0.4) is 0 Å². The molecule has 0 saturated carbocycles. The molecular formula is C12H21Cl. The van der Waals surface area contributed by atoms with Crippen molar-refractivity contribution in [2.45, 2.75) is 51.8 Å². The number of hydrogen-bond donors (Lipinski definition) is 0. The Labute approximate surface area is 87.4 Å². The average molecular weight is 201 g/mol. The monoisotopic (exact) mass is 200 g/mol. The van der Waals surface area contributed by atoms with Crippen LogP contribution in [0.1, 0.15) is 46.5 Å². The molecule has 0 heterocycles. The van der Waals surface area contributed by atoms with Gasteiger partial charge in [0.05, 0.1) is 5.38 Å². The Balaban J connectivity index is 2.48. The third-order valence-electron chi connectivity index (χ3n) is 2.96. The molecule has 0 bridgehead atoms. The van der Waals surface area contributed by atoms with Gasteiger partial charge in [0.2, 0.25) is 0 Å². The van der Waals surface area contributed by atoms with Crippen molar-refractivity contribution in [3.8, 4) is 0 Å². The Hall–Kier alpha value is 0.0300. The van der Waals surface area contributed by atoms with E-state index in [2.05, 4.69) is 26.8 Å². The number of alkyl halides is 1. The molecule has 0 aromatic heterocycles. The standard InChI is InChI=1S/C12H21Cl/c1-4-9(2)5-11-6-10(3)7-12(13)8-11/h8-10,12H,4-7H2,1-3H3. The lowest BCUT2D eigenvalue weighted by molar-refractivity contribution is 0.469. The predicted molar refractivity (Wildman–Crippen MR) is 60.2 cm³/mol. The summed E-state index contributed by atoms with van der Waals surface area (Å²) in [7, 11) is 0. The number of halogens is 1. The molecule has 0 aromatic carbocycles. The van der Waals surface area contributed by atoms with E-state index in [4.69, 9.17) is 11.6 Å². The zero-order chi connectivity index (χ0) is 9.84. The first-order valence-corrected chi connectivity index (χ1v) is 5.89. The average Bonchev–Trinajstić information content (AvgIpc) is 2.02. The summed E-state index contributed by atoms with van der Waals surface area (Å²) in [5.41, 5.74) is 1.59. The van der Waals surface area contributed by atoms with E-state index >= 15 is 0 Å².